The number of hydrogen-bond acceptors (Lipinski definition) is 6. The van der Waals surface area contributed by atoms with E-state index >= 15 is 0 Å². The summed E-state index contributed by atoms with van der Waals surface area (Å²) in [5.74, 6) is 0.752. The van der Waals surface area contributed by atoms with Crippen LogP contribution in [0.15, 0.2) is 39.9 Å². The van der Waals surface area contributed by atoms with Crippen molar-refractivity contribution in [3.05, 3.63) is 47.3 Å². The number of hydrogen-bond donors (Lipinski definition) is 1. The van der Waals surface area contributed by atoms with Crippen molar-refractivity contribution in [2.24, 2.45) is 0 Å². The molecule has 1 aliphatic heterocycles. The van der Waals surface area contributed by atoms with Gasteiger partial charge in [-0.05, 0) is 37.1 Å². The van der Waals surface area contributed by atoms with Crippen molar-refractivity contribution >= 4 is 15.6 Å². The molecular formula is C16H18N2O4S. The summed E-state index contributed by atoms with van der Waals surface area (Å²) in [5.41, 5.74) is 0.905. The molecule has 0 amide bonds. The van der Waals surface area contributed by atoms with Crippen molar-refractivity contribution in [3.8, 4) is 0 Å². The molecule has 1 aliphatic carbocycles. The Morgan fingerprint density at radius 2 is 1.83 bits per heavy atom. The van der Waals surface area contributed by atoms with Gasteiger partial charge >= 0.3 is 0 Å². The summed E-state index contributed by atoms with van der Waals surface area (Å²) in [6.07, 6.45) is 4.60. The number of nitrogens with one attached hydrogen (secondary N) is 1. The highest BCUT2D eigenvalue weighted by Gasteiger charge is 2.32. The first-order chi connectivity index (χ1) is 11.0. The molecule has 4 rings (SSSR count). The fourth-order valence-electron chi connectivity index (χ4n) is 2.07. The highest BCUT2D eigenvalue weighted by atomic mass is 32.2. The SMILES string of the molecule is C1CN1.CS(=O)(=O)c1ccc(C(=O)c2cnoc2C2CC2)cc1. The van der Waals surface area contributed by atoms with E-state index in [9.17, 15) is 13.2 Å². The fraction of sp³-hybridized carbons (Fsp3) is 0.375. The van der Waals surface area contributed by atoms with E-state index in [-0.39, 0.29) is 10.7 Å². The van der Waals surface area contributed by atoms with Gasteiger partial charge in [-0.15, -0.1) is 0 Å². The van der Waals surface area contributed by atoms with Crippen molar-refractivity contribution in [2.45, 2.75) is 23.7 Å². The Bertz CT molecular complexity index is 800. The van der Waals surface area contributed by atoms with Gasteiger partial charge in [-0.25, -0.2) is 8.42 Å². The normalized spacial score (nSPS) is 16.4. The van der Waals surface area contributed by atoms with Crippen LogP contribution in [0.3, 0.4) is 0 Å². The number of benzene rings is 1. The zero-order valence-corrected chi connectivity index (χ0v) is 13.6. The van der Waals surface area contributed by atoms with Crippen LogP contribution < -0.4 is 5.32 Å². The maximum atomic E-state index is 12.4. The lowest BCUT2D eigenvalue weighted by Crippen LogP contribution is -2.04. The predicted octanol–water partition coefficient (Wildman–Crippen LogP) is 1.78. The number of carbonyl (C=O) groups is 1. The van der Waals surface area contributed by atoms with E-state index in [4.69, 9.17) is 4.52 Å². The van der Waals surface area contributed by atoms with Crippen LogP contribution in [0.5, 0.6) is 0 Å². The second-order valence-electron chi connectivity index (χ2n) is 5.75. The summed E-state index contributed by atoms with van der Waals surface area (Å²) < 4.78 is 27.9. The number of ketones is 1. The molecule has 1 aromatic heterocycles. The van der Waals surface area contributed by atoms with E-state index in [0.29, 0.717) is 22.8 Å². The van der Waals surface area contributed by atoms with Crippen molar-refractivity contribution < 1.29 is 17.7 Å². The second kappa shape index (κ2) is 6.25. The van der Waals surface area contributed by atoms with E-state index in [2.05, 4.69) is 10.5 Å². The first-order valence-electron chi connectivity index (χ1n) is 7.47. The van der Waals surface area contributed by atoms with Gasteiger partial charge in [0.05, 0.1) is 16.7 Å². The summed E-state index contributed by atoms with van der Waals surface area (Å²) in [6, 6.07) is 5.91. The number of sulfone groups is 1. The summed E-state index contributed by atoms with van der Waals surface area (Å²) in [4.78, 5) is 12.6. The Hall–Kier alpha value is -1.99. The van der Waals surface area contributed by atoms with E-state index in [1.54, 1.807) is 0 Å². The zero-order chi connectivity index (χ0) is 16.4. The molecule has 2 heterocycles. The van der Waals surface area contributed by atoms with E-state index in [0.717, 1.165) is 19.1 Å². The molecule has 23 heavy (non-hydrogen) atoms. The van der Waals surface area contributed by atoms with Gasteiger partial charge in [0.15, 0.2) is 21.4 Å². The van der Waals surface area contributed by atoms with Gasteiger partial charge in [-0.2, -0.15) is 0 Å². The van der Waals surface area contributed by atoms with Crippen molar-refractivity contribution in [1.29, 1.82) is 0 Å². The Kier molecular flexibility index (Phi) is 4.32. The molecule has 0 bridgehead atoms. The average Bonchev–Trinajstić information content (AvgIpc) is 3.44. The molecular weight excluding hydrogens is 316 g/mol. The van der Waals surface area contributed by atoms with Crippen LogP contribution in [0, 0.1) is 0 Å². The molecule has 0 unspecified atom stereocenters. The lowest BCUT2D eigenvalue weighted by atomic mass is 10.0. The van der Waals surface area contributed by atoms with Crippen LogP contribution in [-0.4, -0.2) is 38.7 Å². The van der Waals surface area contributed by atoms with Crippen molar-refractivity contribution in [2.75, 3.05) is 19.3 Å². The third kappa shape index (κ3) is 4.05. The molecule has 0 spiro atoms. The van der Waals surface area contributed by atoms with Crippen LogP contribution in [0.1, 0.15) is 40.4 Å². The molecule has 1 saturated heterocycles. The largest absolute Gasteiger partial charge is 0.360 e. The number of aromatic nitrogens is 1. The standard InChI is InChI=1S/C14H13NO4S.C2H5N/c1-20(17,18)11-6-4-9(5-7-11)13(16)12-8-15-19-14(12)10-2-3-10;1-2-3-1/h4-8,10H,2-3H2,1H3;3H,1-2H2. The molecule has 1 N–H and O–H groups in total. The summed E-state index contributed by atoms with van der Waals surface area (Å²) in [5, 5.41) is 6.70. The van der Waals surface area contributed by atoms with E-state index in [1.165, 1.54) is 43.6 Å². The van der Waals surface area contributed by atoms with Crippen LogP contribution in [0.4, 0.5) is 0 Å². The van der Waals surface area contributed by atoms with Crippen LogP contribution >= 0.6 is 0 Å². The van der Waals surface area contributed by atoms with Gasteiger partial charge in [-0.3, -0.25) is 4.79 Å². The van der Waals surface area contributed by atoms with Gasteiger partial charge < -0.3 is 9.84 Å². The second-order valence-corrected chi connectivity index (χ2v) is 7.77. The summed E-state index contributed by atoms with van der Waals surface area (Å²) in [6.45, 7) is 2.50. The minimum Gasteiger partial charge on any atom is -0.360 e. The lowest BCUT2D eigenvalue weighted by Gasteiger charge is -2.02. The van der Waals surface area contributed by atoms with Gasteiger partial charge in [0.25, 0.3) is 0 Å². The first-order valence-corrected chi connectivity index (χ1v) is 9.36. The molecule has 0 radical (unpaired) electrons. The Labute approximate surface area is 134 Å². The Balaban J connectivity index is 0.000000468. The molecule has 6 nitrogen and oxygen atoms in total. The van der Waals surface area contributed by atoms with Crippen molar-refractivity contribution in [1.82, 2.24) is 10.5 Å². The predicted molar refractivity (Wildman–Crippen MR) is 84.3 cm³/mol. The van der Waals surface area contributed by atoms with Gasteiger partial charge in [-0.1, -0.05) is 5.16 Å². The minimum atomic E-state index is -3.25. The third-order valence-electron chi connectivity index (χ3n) is 3.59. The first kappa shape index (κ1) is 15.9. The van der Waals surface area contributed by atoms with E-state index < -0.39 is 9.84 Å². The maximum Gasteiger partial charge on any atom is 0.198 e. The lowest BCUT2D eigenvalue weighted by molar-refractivity contribution is 0.103. The molecule has 1 saturated carbocycles. The Morgan fingerprint density at radius 1 is 1.22 bits per heavy atom. The molecule has 7 heteroatoms. The quantitative estimate of drug-likeness (QED) is 0.676. The van der Waals surface area contributed by atoms with E-state index in [1.807, 2.05) is 0 Å². The number of nitrogens with zero attached hydrogens (tertiary/aromatic N) is 1. The summed E-state index contributed by atoms with van der Waals surface area (Å²) >= 11 is 0. The minimum absolute atomic E-state index is 0.187. The zero-order valence-electron chi connectivity index (χ0n) is 12.8. The molecule has 2 aliphatic rings. The molecule has 0 atom stereocenters. The smallest absolute Gasteiger partial charge is 0.198 e. The topological polar surface area (TPSA) is 99.2 Å². The van der Waals surface area contributed by atoms with Crippen LogP contribution in [0.2, 0.25) is 0 Å². The molecule has 2 fully saturated rings. The maximum absolute atomic E-state index is 12.4. The average molecular weight is 334 g/mol. The summed E-state index contributed by atoms with van der Waals surface area (Å²) in [7, 11) is -3.25. The highest BCUT2D eigenvalue weighted by Crippen LogP contribution is 2.42. The number of rotatable bonds is 4. The number of carbonyl (C=O) groups excluding carboxylic acids is 1. The third-order valence-corrected chi connectivity index (χ3v) is 4.71. The van der Waals surface area contributed by atoms with Crippen LogP contribution in [0.25, 0.3) is 0 Å². The Morgan fingerprint density at radius 3 is 2.30 bits per heavy atom. The molecule has 1 aromatic carbocycles. The molecule has 2 aromatic rings. The monoisotopic (exact) mass is 334 g/mol. The van der Waals surface area contributed by atoms with Crippen molar-refractivity contribution in [3.63, 3.8) is 0 Å². The fourth-order valence-corrected chi connectivity index (χ4v) is 2.70. The molecule has 122 valence electrons. The van der Waals surface area contributed by atoms with Gasteiger partial charge in [0, 0.05) is 30.8 Å². The van der Waals surface area contributed by atoms with Gasteiger partial charge in [0.1, 0.15) is 0 Å². The van der Waals surface area contributed by atoms with Crippen LogP contribution in [-0.2, 0) is 9.84 Å². The van der Waals surface area contributed by atoms with Gasteiger partial charge in [0.2, 0.25) is 0 Å². The highest BCUT2D eigenvalue weighted by molar-refractivity contribution is 7.90.